The van der Waals surface area contributed by atoms with E-state index >= 15 is 0 Å². The van der Waals surface area contributed by atoms with Gasteiger partial charge in [0.1, 0.15) is 34.6 Å². The first kappa shape index (κ1) is 66.6. The maximum atomic E-state index is 13.6. The van der Waals surface area contributed by atoms with Gasteiger partial charge in [-0.3, -0.25) is 28.8 Å². The van der Waals surface area contributed by atoms with Crippen LogP contribution in [0.4, 0.5) is 9.18 Å². The summed E-state index contributed by atoms with van der Waals surface area (Å²) in [5.74, 6) is -5.07. The highest BCUT2D eigenvalue weighted by Gasteiger charge is 2.32. The fourth-order valence-corrected chi connectivity index (χ4v) is 7.38. The summed E-state index contributed by atoms with van der Waals surface area (Å²) in [6.07, 6.45) is 2.96. The van der Waals surface area contributed by atoms with Crippen molar-refractivity contribution in [3.05, 3.63) is 95.6 Å². The Morgan fingerprint density at radius 2 is 1.23 bits per heavy atom. The van der Waals surface area contributed by atoms with E-state index in [9.17, 15) is 42.7 Å². The number of ether oxygens (including phenoxy) is 4. The van der Waals surface area contributed by atoms with Crippen molar-refractivity contribution in [2.75, 3.05) is 19.7 Å². The summed E-state index contributed by atoms with van der Waals surface area (Å²) < 4.78 is 35.5. The summed E-state index contributed by atoms with van der Waals surface area (Å²) in [5, 5.41) is 13.9. The van der Waals surface area contributed by atoms with Crippen LogP contribution in [0.1, 0.15) is 143 Å². The Labute approximate surface area is 456 Å². The number of hydrogen-bond donors (Lipinski definition) is 5. The van der Waals surface area contributed by atoms with Crippen molar-refractivity contribution in [3.8, 4) is 5.75 Å². The third-order valence-electron chi connectivity index (χ3n) is 11.0. The van der Waals surface area contributed by atoms with Gasteiger partial charge < -0.3 is 45.5 Å². The first-order valence-corrected chi connectivity index (χ1v) is 25.8. The second kappa shape index (κ2) is 31.6. The number of aromatic nitrogens is 1. The fraction of sp³-hybridized carbons (Fsp3) is 0.544. The maximum Gasteiger partial charge on any atom is 0.373 e. The lowest BCUT2D eigenvalue weighted by Gasteiger charge is -2.32. The predicted molar refractivity (Wildman–Crippen MR) is 285 cm³/mol. The van der Waals surface area contributed by atoms with E-state index in [1.54, 1.807) is 86.6 Å². The molecule has 0 aliphatic rings. The Kier molecular flexibility index (Phi) is 27.0. The first-order chi connectivity index (χ1) is 36.3. The van der Waals surface area contributed by atoms with Gasteiger partial charge in [0.15, 0.2) is 12.4 Å². The molecule has 0 fully saturated rings. The monoisotopic (exact) mass is 1090 g/mol. The molecular formula is C57H79FN6O14. The number of ketones is 1. The Balaban J connectivity index is 0.00000677. The highest BCUT2D eigenvalue weighted by atomic mass is 19.1. The molecule has 0 aliphatic carbocycles. The molecule has 0 aliphatic heterocycles. The van der Waals surface area contributed by atoms with Gasteiger partial charge in [0.2, 0.25) is 11.9 Å². The van der Waals surface area contributed by atoms with Crippen molar-refractivity contribution in [1.82, 2.24) is 31.6 Å². The van der Waals surface area contributed by atoms with Gasteiger partial charge in [0.05, 0.1) is 18.0 Å². The Bertz CT molecular complexity index is 2470. The number of carbonyl (C=O) groups is 8. The van der Waals surface area contributed by atoms with E-state index in [4.69, 9.17) is 28.5 Å². The van der Waals surface area contributed by atoms with Gasteiger partial charge >= 0.3 is 30.1 Å². The SMILES string of the molecule is CC(C)(C)OC(=O)CC[C@H](NC(=O)N[C@@H](CCCCNC(=O)[C@H](Cc1ccccc1)NC(=O)COc1ccc(C[C@H](CC(=O)CNC(=O)c2ccc(F)nc2)C(=O)OC(C)(C)C)cc1)C(C)(C)C)C(=O)OC(C)(C)C.O=C=O. The highest BCUT2D eigenvalue weighted by Crippen LogP contribution is 2.25. The number of esters is 3. The maximum absolute atomic E-state index is 13.6. The van der Waals surface area contributed by atoms with Gasteiger partial charge in [-0.05, 0) is 135 Å². The van der Waals surface area contributed by atoms with E-state index in [2.05, 4.69) is 31.6 Å². The van der Waals surface area contributed by atoms with Crippen molar-refractivity contribution < 1.29 is 71.3 Å². The summed E-state index contributed by atoms with van der Waals surface area (Å²) in [4.78, 5) is 124. The number of nitrogens with zero attached hydrogens (tertiary/aromatic N) is 1. The Hall–Kier alpha value is -7.54. The van der Waals surface area contributed by atoms with Crippen molar-refractivity contribution in [3.63, 3.8) is 0 Å². The van der Waals surface area contributed by atoms with Crippen molar-refractivity contribution >= 4 is 53.6 Å². The second-order valence-corrected chi connectivity index (χ2v) is 22.6. The molecule has 428 valence electrons. The number of unbranched alkanes of at least 4 members (excludes halogenated alkanes) is 1. The van der Waals surface area contributed by atoms with Crippen molar-refractivity contribution in [1.29, 1.82) is 0 Å². The number of halogens is 1. The minimum Gasteiger partial charge on any atom is -0.484 e. The minimum absolute atomic E-state index is 0.0222. The smallest absolute Gasteiger partial charge is 0.373 e. The summed E-state index contributed by atoms with van der Waals surface area (Å²) >= 11 is 0. The lowest BCUT2D eigenvalue weighted by Crippen LogP contribution is -2.53. The third-order valence-corrected chi connectivity index (χ3v) is 11.0. The molecule has 1 aromatic heterocycles. The Morgan fingerprint density at radius 1 is 0.641 bits per heavy atom. The number of Topliss-reactive ketones (excluding diaryl/α,β-unsaturated/α-hetero) is 1. The number of carbonyl (C=O) groups excluding carboxylic acids is 10. The number of rotatable bonds is 26. The van der Waals surface area contributed by atoms with Crippen LogP contribution < -0.4 is 31.3 Å². The van der Waals surface area contributed by atoms with E-state index in [0.717, 1.165) is 17.8 Å². The van der Waals surface area contributed by atoms with E-state index in [1.807, 2.05) is 51.1 Å². The number of benzene rings is 2. The quantitative estimate of drug-likeness (QED) is 0.0249. The van der Waals surface area contributed by atoms with Crippen LogP contribution in [0.2, 0.25) is 0 Å². The summed E-state index contributed by atoms with van der Waals surface area (Å²) in [6.45, 7) is 20.9. The van der Waals surface area contributed by atoms with Crippen molar-refractivity contribution in [2.45, 2.75) is 169 Å². The molecule has 0 spiro atoms. The molecule has 4 atom stereocenters. The van der Waals surface area contributed by atoms with Crippen LogP contribution >= 0.6 is 0 Å². The molecule has 1 heterocycles. The minimum atomic E-state index is -1.11. The van der Waals surface area contributed by atoms with Crippen LogP contribution in [0.15, 0.2) is 72.9 Å². The molecule has 0 bridgehead atoms. The average molecular weight is 1090 g/mol. The van der Waals surface area contributed by atoms with Crippen molar-refractivity contribution in [2.24, 2.45) is 11.3 Å². The molecule has 5 amide bonds. The topological polar surface area (TPSA) is 281 Å². The molecule has 0 unspecified atom stereocenters. The molecule has 0 saturated heterocycles. The zero-order valence-electron chi connectivity index (χ0n) is 47.1. The van der Waals surface area contributed by atoms with E-state index in [1.165, 1.54) is 6.07 Å². The number of nitrogens with one attached hydrogen (secondary N) is 5. The van der Waals surface area contributed by atoms with Crippen LogP contribution in [0.25, 0.3) is 0 Å². The van der Waals surface area contributed by atoms with Crippen LogP contribution in [-0.2, 0) is 65.4 Å². The molecule has 0 radical (unpaired) electrons. The molecule has 3 rings (SSSR count). The number of pyridine rings is 1. The zero-order chi connectivity index (χ0) is 58.9. The summed E-state index contributed by atoms with van der Waals surface area (Å²) in [7, 11) is 0. The summed E-state index contributed by atoms with van der Waals surface area (Å²) in [5.41, 5.74) is -1.19. The van der Waals surface area contributed by atoms with Crippen LogP contribution in [0.5, 0.6) is 5.75 Å². The number of amides is 5. The standard InChI is InChI=1S/C56H79FN6O12.CO2/c1-53(2,3)44(63-52(71)62-42(51(70)75-56(10,11)12)26-28-47(66)73-54(4,5)6)20-16-17-29-58-49(68)43(31-36-18-14-13-15-19-36)61-46(65)35-72-41-24-21-37(22-25-41)30-39(50(69)74-55(7,8)9)32-40(64)34-60-48(67)38-23-27-45(57)59-33-38;2-1-3/h13-15,18-19,21-25,27,33,39,42-44H,16-17,20,26,28-32,34-35H2,1-12H3,(H,58,68)(H,60,67)(H,61,65)(H2,62,63,71);/t39-,42+,43+,44+;/m1./s1. The molecule has 3 aromatic rings. The van der Waals surface area contributed by atoms with Crippen LogP contribution in [0.3, 0.4) is 0 Å². The lowest BCUT2D eigenvalue weighted by molar-refractivity contribution is -0.192. The fourth-order valence-electron chi connectivity index (χ4n) is 7.38. The third kappa shape index (κ3) is 28.6. The second-order valence-electron chi connectivity index (χ2n) is 22.6. The molecule has 78 heavy (non-hydrogen) atoms. The van der Waals surface area contributed by atoms with Gasteiger partial charge in [-0.1, -0.05) is 63.2 Å². The molecule has 2 aromatic carbocycles. The van der Waals surface area contributed by atoms with Gasteiger partial charge in [0, 0.05) is 38.0 Å². The lowest BCUT2D eigenvalue weighted by atomic mass is 9.84. The van der Waals surface area contributed by atoms with E-state index < -0.39 is 100 Å². The van der Waals surface area contributed by atoms with E-state index in [-0.39, 0.29) is 63.0 Å². The molecule has 0 saturated carbocycles. The Morgan fingerprint density at radius 3 is 1.79 bits per heavy atom. The van der Waals surface area contributed by atoms with Crippen LogP contribution in [0, 0.1) is 17.3 Å². The van der Waals surface area contributed by atoms with E-state index in [0.29, 0.717) is 30.6 Å². The normalized spacial score (nSPS) is 13.0. The van der Waals surface area contributed by atoms with Gasteiger partial charge in [-0.25, -0.2) is 14.6 Å². The highest BCUT2D eigenvalue weighted by molar-refractivity contribution is 5.97. The predicted octanol–water partition coefficient (Wildman–Crippen LogP) is 6.47. The number of hydrogen-bond acceptors (Lipinski definition) is 15. The summed E-state index contributed by atoms with van der Waals surface area (Å²) in [6, 6.07) is 15.1. The average Bonchev–Trinajstić information content (AvgIpc) is 3.32. The first-order valence-electron chi connectivity index (χ1n) is 25.8. The molecule has 5 N–H and O–H groups in total. The largest absolute Gasteiger partial charge is 0.484 e. The molecule has 21 heteroatoms. The zero-order valence-corrected chi connectivity index (χ0v) is 47.1. The van der Waals surface area contributed by atoms with Gasteiger partial charge in [-0.2, -0.15) is 14.0 Å². The van der Waals surface area contributed by atoms with Gasteiger partial charge in [-0.15, -0.1) is 0 Å². The molecule has 20 nitrogen and oxygen atoms in total. The molecular weight excluding hydrogens is 1010 g/mol. The van der Waals surface area contributed by atoms with Crippen LogP contribution in [-0.4, -0.2) is 113 Å². The van der Waals surface area contributed by atoms with Gasteiger partial charge in [0.25, 0.3) is 11.8 Å². The number of urea groups is 1.